The van der Waals surface area contributed by atoms with E-state index in [9.17, 15) is 14.9 Å². The van der Waals surface area contributed by atoms with Crippen LogP contribution >= 0.6 is 11.6 Å². The molecule has 0 radical (unpaired) electrons. The fraction of sp³-hybridized carbons (Fsp3) is 0.364. The number of amides is 1. The van der Waals surface area contributed by atoms with Gasteiger partial charge in [0.25, 0.3) is 11.6 Å². The molecular weight excluding hydrogens is 276 g/mol. The van der Waals surface area contributed by atoms with Crippen LogP contribution in [0.5, 0.6) is 0 Å². The van der Waals surface area contributed by atoms with Crippen LogP contribution in [0.1, 0.15) is 0 Å². The zero-order valence-corrected chi connectivity index (χ0v) is 11.0. The lowest BCUT2D eigenvalue weighted by Gasteiger charge is -2.07. The number of anilines is 1. The lowest BCUT2D eigenvalue weighted by atomic mass is 10.2. The Kier molecular flexibility index (Phi) is 6.20. The van der Waals surface area contributed by atoms with Gasteiger partial charge in [-0.05, 0) is 12.1 Å². The van der Waals surface area contributed by atoms with Crippen LogP contribution in [-0.4, -0.2) is 37.8 Å². The van der Waals surface area contributed by atoms with Crippen LogP contribution in [-0.2, 0) is 14.3 Å². The zero-order valence-electron chi connectivity index (χ0n) is 10.2. The molecule has 1 N–H and O–H groups in total. The first-order valence-corrected chi connectivity index (χ1v) is 5.73. The van der Waals surface area contributed by atoms with Crippen LogP contribution in [0.3, 0.4) is 0 Å². The number of nitro groups is 1. The van der Waals surface area contributed by atoms with Crippen molar-refractivity contribution in [3.8, 4) is 0 Å². The van der Waals surface area contributed by atoms with Crippen LogP contribution in [0, 0.1) is 10.1 Å². The summed E-state index contributed by atoms with van der Waals surface area (Å²) in [6.45, 7) is 0.416. The van der Waals surface area contributed by atoms with Gasteiger partial charge in [0.1, 0.15) is 12.3 Å². The Bertz CT molecular complexity index is 466. The van der Waals surface area contributed by atoms with Gasteiger partial charge in [-0.25, -0.2) is 0 Å². The van der Waals surface area contributed by atoms with Gasteiger partial charge in [-0.1, -0.05) is 11.6 Å². The third kappa shape index (κ3) is 5.21. The van der Waals surface area contributed by atoms with E-state index in [2.05, 4.69) is 5.32 Å². The third-order valence-electron chi connectivity index (χ3n) is 2.09. The van der Waals surface area contributed by atoms with Crippen LogP contribution in [0.4, 0.5) is 11.4 Å². The number of halogens is 1. The number of rotatable bonds is 7. The quantitative estimate of drug-likeness (QED) is 0.470. The number of benzene rings is 1. The Hall–Kier alpha value is -1.70. The molecule has 0 aromatic heterocycles. The van der Waals surface area contributed by atoms with Crippen molar-refractivity contribution in [2.24, 2.45) is 0 Å². The molecule has 104 valence electrons. The van der Waals surface area contributed by atoms with E-state index >= 15 is 0 Å². The van der Waals surface area contributed by atoms with Gasteiger partial charge in [0, 0.05) is 18.2 Å². The van der Waals surface area contributed by atoms with Crippen molar-refractivity contribution in [3.05, 3.63) is 33.3 Å². The number of nitrogens with one attached hydrogen (secondary N) is 1. The molecule has 1 amide bonds. The van der Waals surface area contributed by atoms with Crippen molar-refractivity contribution < 1.29 is 19.2 Å². The summed E-state index contributed by atoms with van der Waals surface area (Å²) >= 11 is 5.73. The number of nitro benzene ring substituents is 1. The molecule has 0 aliphatic carbocycles. The average molecular weight is 289 g/mol. The standard InChI is InChI=1S/C11H13ClN2O5/c1-18-4-5-19-7-11(15)13-9-6-8(12)2-3-10(9)14(16)17/h2-3,6H,4-5,7H2,1H3,(H,13,15). The van der Waals surface area contributed by atoms with Crippen LogP contribution < -0.4 is 5.32 Å². The molecule has 1 rings (SSSR count). The van der Waals surface area contributed by atoms with E-state index in [1.54, 1.807) is 0 Å². The lowest BCUT2D eigenvalue weighted by Crippen LogP contribution is -2.20. The van der Waals surface area contributed by atoms with Gasteiger partial charge in [0.15, 0.2) is 0 Å². The first-order valence-electron chi connectivity index (χ1n) is 5.35. The van der Waals surface area contributed by atoms with Gasteiger partial charge in [-0.3, -0.25) is 14.9 Å². The normalized spacial score (nSPS) is 10.2. The molecule has 0 aliphatic rings. The van der Waals surface area contributed by atoms with Gasteiger partial charge in [0.05, 0.1) is 18.1 Å². The Morgan fingerprint density at radius 3 is 2.84 bits per heavy atom. The smallest absolute Gasteiger partial charge is 0.292 e. The molecule has 0 saturated carbocycles. The summed E-state index contributed by atoms with van der Waals surface area (Å²) in [5, 5.41) is 13.4. The molecule has 0 heterocycles. The molecule has 1 aromatic carbocycles. The monoisotopic (exact) mass is 288 g/mol. The minimum absolute atomic E-state index is 0.0397. The van der Waals surface area contributed by atoms with E-state index in [-0.39, 0.29) is 24.6 Å². The van der Waals surface area contributed by atoms with E-state index in [0.717, 1.165) is 0 Å². The van der Waals surface area contributed by atoms with Gasteiger partial charge in [-0.2, -0.15) is 0 Å². The lowest BCUT2D eigenvalue weighted by molar-refractivity contribution is -0.383. The average Bonchev–Trinajstić information content (AvgIpc) is 2.34. The summed E-state index contributed by atoms with van der Waals surface area (Å²) in [6.07, 6.45) is 0. The van der Waals surface area contributed by atoms with Gasteiger partial charge in [0.2, 0.25) is 0 Å². The van der Waals surface area contributed by atoms with E-state index in [4.69, 9.17) is 21.1 Å². The first kappa shape index (κ1) is 15.4. The topological polar surface area (TPSA) is 90.7 Å². The second-order valence-corrected chi connectivity index (χ2v) is 3.95. The van der Waals surface area contributed by atoms with Crippen LogP contribution in [0.15, 0.2) is 18.2 Å². The van der Waals surface area contributed by atoms with Gasteiger partial charge in [-0.15, -0.1) is 0 Å². The van der Waals surface area contributed by atoms with Gasteiger partial charge < -0.3 is 14.8 Å². The maximum absolute atomic E-state index is 11.5. The maximum atomic E-state index is 11.5. The first-order chi connectivity index (χ1) is 9.04. The minimum atomic E-state index is -0.599. The molecule has 19 heavy (non-hydrogen) atoms. The zero-order chi connectivity index (χ0) is 14.3. The number of carbonyl (C=O) groups excluding carboxylic acids is 1. The summed E-state index contributed by atoms with van der Waals surface area (Å²) in [5.74, 6) is -0.499. The van der Waals surface area contributed by atoms with Gasteiger partial charge >= 0.3 is 0 Å². The van der Waals surface area contributed by atoms with E-state index < -0.39 is 10.8 Å². The third-order valence-corrected chi connectivity index (χ3v) is 2.33. The van der Waals surface area contributed by atoms with Crippen molar-refractivity contribution in [3.63, 3.8) is 0 Å². The summed E-state index contributed by atoms with van der Waals surface area (Å²) in [7, 11) is 1.51. The SMILES string of the molecule is COCCOCC(=O)Nc1cc(Cl)ccc1[N+](=O)[O-]. The highest BCUT2D eigenvalue weighted by Crippen LogP contribution is 2.27. The maximum Gasteiger partial charge on any atom is 0.292 e. The summed E-state index contributed by atoms with van der Waals surface area (Å²) in [4.78, 5) is 21.7. The highest BCUT2D eigenvalue weighted by atomic mass is 35.5. The summed E-state index contributed by atoms with van der Waals surface area (Å²) in [5.41, 5.74) is -0.188. The second-order valence-electron chi connectivity index (χ2n) is 3.51. The van der Waals surface area contributed by atoms with Crippen molar-refractivity contribution in [2.45, 2.75) is 0 Å². The molecule has 0 atom stereocenters. The Balaban J connectivity index is 2.62. The Labute approximate surface area is 114 Å². The van der Waals surface area contributed by atoms with E-state index in [1.165, 1.54) is 25.3 Å². The predicted molar refractivity (Wildman–Crippen MR) is 69.4 cm³/mol. The van der Waals surface area contributed by atoms with Crippen LogP contribution in [0.2, 0.25) is 5.02 Å². The van der Waals surface area contributed by atoms with Crippen molar-refractivity contribution in [1.82, 2.24) is 0 Å². The largest absolute Gasteiger partial charge is 0.382 e. The molecule has 7 nitrogen and oxygen atoms in total. The molecule has 8 heteroatoms. The Morgan fingerprint density at radius 2 is 2.21 bits per heavy atom. The second kappa shape index (κ2) is 7.67. The van der Waals surface area contributed by atoms with E-state index in [1.807, 2.05) is 0 Å². The minimum Gasteiger partial charge on any atom is -0.382 e. The number of nitrogens with zero attached hydrogens (tertiary/aromatic N) is 1. The molecule has 0 aliphatic heterocycles. The van der Waals surface area contributed by atoms with Crippen LogP contribution in [0.25, 0.3) is 0 Å². The fourth-order valence-corrected chi connectivity index (χ4v) is 1.43. The number of hydrogen-bond donors (Lipinski definition) is 1. The summed E-state index contributed by atoms with van der Waals surface area (Å²) in [6, 6.07) is 3.92. The Morgan fingerprint density at radius 1 is 1.47 bits per heavy atom. The molecule has 1 aromatic rings. The number of methoxy groups -OCH3 is 1. The number of ether oxygens (including phenoxy) is 2. The molecule has 0 fully saturated rings. The van der Waals surface area contributed by atoms with E-state index in [0.29, 0.717) is 11.6 Å². The van der Waals surface area contributed by atoms with Crippen molar-refractivity contribution >= 4 is 28.9 Å². The molecule has 0 bridgehead atoms. The number of hydrogen-bond acceptors (Lipinski definition) is 5. The molecule has 0 saturated heterocycles. The highest BCUT2D eigenvalue weighted by Gasteiger charge is 2.16. The molecule has 0 unspecified atom stereocenters. The molecule has 0 spiro atoms. The highest BCUT2D eigenvalue weighted by molar-refractivity contribution is 6.31. The summed E-state index contributed by atoms with van der Waals surface area (Å²) < 4.78 is 9.74. The van der Waals surface area contributed by atoms with Crippen molar-refractivity contribution in [2.75, 3.05) is 32.2 Å². The molecular formula is C11H13ClN2O5. The fourth-order valence-electron chi connectivity index (χ4n) is 1.26. The number of carbonyl (C=O) groups is 1. The predicted octanol–water partition coefficient (Wildman–Crippen LogP) is 1.85. The van der Waals surface area contributed by atoms with Crippen molar-refractivity contribution in [1.29, 1.82) is 0 Å².